The number of ether oxygens (including phenoxy) is 1. The number of benzene rings is 2. The molecule has 1 N–H and O–H groups in total. The minimum Gasteiger partial charge on any atom is -0.456 e. The summed E-state index contributed by atoms with van der Waals surface area (Å²) in [4.78, 5) is 24.9. The lowest BCUT2D eigenvalue weighted by Gasteiger charge is -2.19. The number of carbonyl (C=O) groups is 2. The molecule has 7 heteroatoms. The quantitative estimate of drug-likeness (QED) is 0.485. The second kappa shape index (κ2) is 10.3. The number of ketones is 1. The van der Waals surface area contributed by atoms with E-state index in [1.54, 1.807) is 51.1 Å². The Labute approximate surface area is 178 Å². The number of Topliss-reactive ketones (excluding diaryl/α,β-unsaturated/α-hetero) is 1. The Morgan fingerprint density at radius 1 is 1.07 bits per heavy atom. The van der Waals surface area contributed by atoms with E-state index in [4.69, 9.17) is 4.74 Å². The number of hydrogen-bond donors (Lipinski definition) is 1. The number of aryl methyl sites for hydroxylation is 2. The van der Waals surface area contributed by atoms with Crippen LogP contribution in [0.5, 0.6) is 0 Å². The second-order valence-corrected chi connectivity index (χ2v) is 9.05. The van der Waals surface area contributed by atoms with Crippen LogP contribution in [0, 0.1) is 19.8 Å². The summed E-state index contributed by atoms with van der Waals surface area (Å²) in [5.41, 5.74) is 2.91. The fourth-order valence-electron chi connectivity index (χ4n) is 2.75. The monoisotopic (exact) mass is 429 g/mol. The third-order valence-corrected chi connectivity index (χ3v) is 5.57. The fourth-order valence-corrected chi connectivity index (χ4v) is 3.88. The molecule has 2 aromatic carbocycles. The number of nitrogens with one attached hydrogen (secondary N) is 1. The van der Waals surface area contributed by atoms with Gasteiger partial charge in [-0.15, -0.1) is 0 Å². The first-order valence-electron chi connectivity index (χ1n) is 9.61. The fraction of sp³-hybridized carbons (Fsp3) is 0.304. The highest BCUT2D eigenvalue weighted by molar-refractivity contribution is 7.92. The average Bonchev–Trinajstić information content (AvgIpc) is 2.71. The van der Waals surface area contributed by atoms with Crippen molar-refractivity contribution in [3.63, 3.8) is 0 Å². The Morgan fingerprint density at radius 2 is 1.73 bits per heavy atom. The molecule has 0 aromatic heterocycles. The van der Waals surface area contributed by atoms with Crippen molar-refractivity contribution in [1.29, 1.82) is 0 Å². The number of rotatable bonds is 9. The minimum atomic E-state index is -3.89. The summed E-state index contributed by atoms with van der Waals surface area (Å²) >= 11 is 0. The molecule has 0 fully saturated rings. The van der Waals surface area contributed by atoms with Gasteiger partial charge in [0.2, 0.25) is 15.8 Å². The van der Waals surface area contributed by atoms with E-state index < -0.39 is 28.6 Å². The van der Waals surface area contributed by atoms with Crippen molar-refractivity contribution in [2.75, 3.05) is 6.61 Å². The van der Waals surface area contributed by atoms with E-state index in [-0.39, 0.29) is 11.7 Å². The van der Waals surface area contributed by atoms with Crippen molar-refractivity contribution in [3.8, 4) is 0 Å². The summed E-state index contributed by atoms with van der Waals surface area (Å²) in [6.07, 6.45) is 1.44. The SMILES string of the molecule is Cc1ccc(C)c(C(=O)COC(=O)C(NS(=O)(=O)C=Cc2ccccc2)C(C)C)c1. The van der Waals surface area contributed by atoms with Crippen LogP contribution in [-0.2, 0) is 19.6 Å². The number of esters is 1. The Bertz CT molecular complexity index is 1030. The van der Waals surface area contributed by atoms with E-state index in [0.717, 1.165) is 16.5 Å². The van der Waals surface area contributed by atoms with Crippen molar-refractivity contribution in [1.82, 2.24) is 4.72 Å². The molecule has 0 bridgehead atoms. The zero-order valence-electron chi connectivity index (χ0n) is 17.6. The maximum atomic E-state index is 12.5. The molecule has 0 spiro atoms. The first kappa shape index (κ1) is 23.5. The number of carbonyl (C=O) groups excluding carboxylic acids is 2. The minimum absolute atomic E-state index is 0.334. The first-order chi connectivity index (χ1) is 14.1. The molecular weight excluding hydrogens is 402 g/mol. The highest BCUT2D eigenvalue weighted by Gasteiger charge is 2.28. The van der Waals surface area contributed by atoms with Gasteiger partial charge in [-0.05, 0) is 43.0 Å². The average molecular weight is 430 g/mol. The van der Waals surface area contributed by atoms with Gasteiger partial charge in [0.25, 0.3) is 0 Å². The highest BCUT2D eigenvalue weighted by Crippen LogP contribution is 2.13. The van der Waals surface area contributed by atoms with Gasteiger partial charge in [0.05, 0.1) is 0 Å². The smallest absolute Gasteiger partial charge is 0.324 e. The molecule has 30 heavy (non-hydrogen) atoms. The maximum Gasteiger partial charge on any atom is 0.324 e. The van der Waals surface area contributed by atoms with E-state index >= 15 is 0 Å². The van der Waals surface area contributed by atoms with E-state index in [0.29, 0.717) is 11.1 Å². The Balaban J connectivity index is 2.04. The van der Waals surface area contributed by atoms with Crippen LogP contribution in [0.4, 0.5) is 0 Å². The molecule has 160 valence electrons. The summed E-state index contributed by atoms with van der Waals surface area (Å²) in [6, 6.07) is 13.3. The van der Waals surface area contributed by atoms with E-state index in [9.17, 15) is 18.0 Å². The van der Waals surface area contributed by atoms with Crippen LogP contribution in [0.3, 0.4) is 0 Å². The Hall–Kier alpha value is -2.77. The van der Waals surface area contributed by atoms with Crippen molar-refractivity contribution >= 4 is 27.9 Å². The Kier molecular flexibility index (Phi) is 8.08. The Morgan fingerprint density at radius 3 is 2.37 bits per heavy atom. The molecule has 2 rings (SSSR count). The molecule has 0 aliphatic carbocycles. The van der Waals surface area contributed by atoms with Crippen molar-refractivity contribution in [2.45, 2.75) is 33.7 Å². The number of hydrogen-bond acceptors (Lipinski definition) is 5. The molecule has 1 unspecified atom stereocenters. The molecule has 0 saturated carbocycles. The van der Waals surface area contributed by atoms with Crippen LogP contribution >= 0.6 is 0 Å². The van der Waals surface area contributed by atoms with Crippen molar-refractivity contribution < 1.29 is 22.7 Å². The van der Waals surface area contributed by atoms with Gasteiger partial charge >= 0.3 is 5.97 Å². The van der Waals surface area contributed by atoms with Crippen LogP contribution in [0.25, 0.3) is 6.08 Å². The molecular formula is C23H27NO5S. The van der Waals surface area contributed by atoms with Crippen molar-refractivity contribution in [3.05, 3.63) is 76.2 Å². The zero-order chi connectivity index (χ0) is 22.3. The second-order valence-electron chi connectivity index (χ2n) is 7.45. The first-order valence-corrected chi connectivity index (χ1v) is 11.2. The zero-order valence-corrected chi connectivity index (χ0v) is 18.4. The van der Waals surface area contributed by atoms with Gasteiger partial charge < -0.3 is 4.74 Å². The van der Waals surface area contributed by atoms with Gasteiger partial charge in [-0.2, -0.15) is 4.72 Å². The predicted octanol–water partition coefficient (Wildman–Crippen LogP) is 3.64. The highest BCUT2D eigenvalue weighted by atomic mass is 32.2. The molecule has 0 saturated heterocycles. The van der Waals surface area contributed by atoms with Crippen LogP contribution in [0.2, 0.25) is 0 Å². The lowest BCUT2D eigenvalue weighted by atomic mass is 10.0. The van der Waals surface area contributed by atoms with E-state index in [1.165, 1.54) is 6.08 Å². The summed E-state index contributed by atoms with van der Waals surface area (Å²) in [5, 5.41) is 1.01. The molecule has 0 radical (unpaired) electrons. The van der Waals surface area contributed by atoms with Gasteiger partial charge in [-0.3, -0.25) is 9.59 Å². The normalized spacial score (nSPS) is 12.8. The summed E-state index contributed by atoms with van der Waals surface area (Å²) in [7, 11) is -3.89. The topological polar surface area (TPSA) is 89.5 Å². The predicted molar refractivity (Wildman–Crippen MR) is 117 cm³/mol. The number of sulfonamides is 1. The molecule has 1 atom stereocenters. The van der Waals surface area contributed by atoms with Gasteiger partial charge in [-0.25, -0.2) is 8.42 Å². The standard InChI is InChI=1S/C23H27NO5S/c1-16(2)22(24-30(27,28)13-12-19-8-6-5-7-9-19)23(26)29-15-21(25)20-14-17(3)10-11-18(20)4/h5-14,16,22,24H,15H2,1-4H3. The van der Waals surface area contributed by atoms with E-state index in [2.05, 4.69) is 4.72 Å². The maximum absolute atomic E-state index is 12.5. The van der Waals surface area contributed by atoms with Crippen molar-refractivity contribution in [2.24, 2.45) is 5.92 Å². The third kappa shape index (κ3) is 6.93. The molecule has 0 aliphatic rings. The summed E-state index contributed by atoms with van der Waals surface area (Å²) in [6.45, 7) is 6.62. The summed E-state index contributed by atoms with van der Waals surface area (Å²) < 4.78 is 32.3. The van der Waals surface area contributed by atoms with Crippen LogP contribution in [0.1, 0.15) is 40.9 Å². The van der Waals surface area contributed by atoms with Crippen LogP contribution in [0.15, 0.2) is 53.9 Å². The molecule has 0 aliphatic heterocycles. The molecule has 0 amide bonds. The van der Waals surface area contributed by atoms with Gasteiger partial charge in [-0.1, -0.05) is 61.9 Å². The largest absolute Gasteiger partial charge is 0.456 e. The lowest BCUT2D eigenvalue weighted by Crippen LogP contribution is -2.45. The third-order valence-electron chi connectivity index (χ3n) is 4.49. The van der Waals surface area contributed by atoms with Crippen LogP contribution in [-0.4, -0.2) is 32.8 Å². The van der Waals surface area contributed by atoms with Crippen LogP contribution < -0.4 is 4.72 Å². The van der Waals surface area contributed by atoms with Gasteiger partial charge in [0.15, 0.2) is 6.61 Å². The van der Waals surface area contributed by atoms with Gasteiger partial charge in [0, 0.05) is 11.0 Å². The molecule has 0 heterocycles. The lowest BCUT2D eigenvalue weighted by molar-refractivity contribution is -0.145. The molecule has 2 aromatic rings. The van der Waals surface area contributed by atoms with E-state index in [1.807, 2.05) is 25.1 Å². The molecule has 6 nitrogen and oxygen atoms in total. The van der Waals surface area contributed by atoms with Gasteiger partial charge in [0.1, 0.15) is 6.04 Å². The summed E-state index contributed by atoms with van der Waals surface area (Å²) in [5.74, 6) is -1.49.